The summed E-state index contributed by atoms with van der Waals surface area (Å²) in [5, 5.41) is 8.81. The normalized spacial score (nSPS) is 20.6. The fourth-order valence-corrected chi connectivity index (χ4v) is 5.04. The molecule has 1 unspecified atom stereocenters. The molecule has 0 radical (unpaired) electrons. The Kier molecular flexibility index (Phi) is 6.55. The zero-order chi connectivity index (χ0) is 25.5. The lowest BCUT2D eigenvalue weighted by Crippen LogP contribution is -2.42. The highest BCUT2D eigenvalue weighted by Crippen LogP contribution is 2.44. The van der Waals surface area contributed by atoms with Crippen LogP contribution in [0.3, 0.4) is 0 Å². The van der Waals surface area contributed by atoms with E-state index in [-0.39, 0.29) is 11.1 Å². The van der Waals surface area contributed by atoms with Crippen LogP contribution in [0.15, 0.2) is 29.2 Å². The minimum Gasteiger partial charge on any atom is -0.489 e. The highest BCUT2D eigenvalue weighted by Gasteiger charge is 2.36. The van der Waals surface area contributed by atoms with Crippen molar-refractivity contribution in [3.8, 4) is 17.2 Å². The molecule has 1 N–H and O–H groups in total. The summed E-state index contributed by atoms with van der Waals surface area (Å²) in [5.41, 5.74) is 3.57. The van der Waals surface area contributed by atoms with Crippen LogP contribution < -0.4 is 14.2 Å². The van der Waals surface area contributed by atoms with E-state index < -0.39 is 11.8 Å². The number of thioether (sulfide) groups is 1. The second-order valence-corrected chi connectivity index (χ2v) is 10.0. The predicted octanol–water partition coefficient (Wildman–Crippen LogP) is 5.50. The number of likely N-dealkylation sites (N-methyl/N-ethyl adjacent to an activating group) is 1. The molecule has 0 aliphatic carbocycles. The number of amides is 2. The third-order valence-electron chi connectivity index (χ3n) is 6.46. The molecule has 0 aromatic heterocycles. The summed E-state index contributed by atoms with van der Waals surface area (Å²) in [6, 6.07) is 7.30. The number of carbonyl (C=O) groups excluding carboxylic acids is 2. The lowest BCUT2D eigenvalue weighted by atomic mass is 9.87. The Labute approximate surface area is 207 Å². The third kappa shape index (κ3) is 4.86. The minimum atomic E-state index is -1.33. The van der Waals surface area contributed by atoms with E-state index in [2.05, 4.69) is 0 Å². The summed E-state index contributed by atoms with van der Waals surface area (Å²) in [6.07, 6.45) is 1.77. The van der Waals surface area contributed by atoms with Gasteiger partial charge in [0.05, 0.1) is 4.91 Å². The molecule has 9 heteroatoms. The molecule has 1 atom stereocenters. The molecule has 0 saturated carbocycles. The molecule has 2 aliphatic heterocycles. The number of benzene rings is 2. The Bertz CT molecular complexity index is 1250. The lowest BCUT2D eigenvalue weighted by molar-refractivity contribution is -0.121. The van der Waals surface area contributed by atoms with Gasteiger partial charge in [-0.05, 0) is 92.8 Å². The van der Waals surface area contributed by atoms with E-state index in [1.807, 2.05) is 52.0 Å². The first-order chi connectivity index (χ1) is 16.5. The van der Waals surface area contributed by atoms with Crippen molar-refractivity contribution < 1.29 is 33.7 Å². The maximum absolute atomic E-state index is 12.1. The molecular weight excluding hydrogens is 470 g/mol. The van der Waals surface area contributed by atoms with Crippen molar-refractivity contribution in [1.82, 2.24) is 4.90 Å². The van der Waals surface area contributed by atoms with Gasteiger partial charge in [0.1, 0.15) is 29.5 Å². The van der Waals surface area contributed by atoms with Crippen molar-refractivity contribution in [2.75, 3.05) is 13.7 Å². The smallest absolute Gasteiger partial charge is 0.489 e. The molecule has 2 heterocycles. The van der Waals surface area contributed by atoms with Gasteiger partial charge >= 0.3 is 6.16 Å². The Hall–Kier alpha value is -3.46. The number of imide groups is 1. The van der Waals surface area contributed by atoms with Crippen LogP contribution in [0.25, 0.3) is 6.08 Å². The summed E-state index contributed by atoms with van der Waals surface area (Å²) in [4.78, 5) is 36.3. The Morgan fingerprint density at radius 2 is 1.86 bits per heavy atom. The molecule has 8 nitrogen and oxygen atoms in total. The molecule has 1 fully saturated rings. The van der Waals surface area contributed by atoms with Gasteiger partial charge in [0.2, 0.25) is 0 Å². The fourth-order valence-electron chi connectivity index (χ4n) is 4.22. The topological polar surface area (TPSA) is 102 Å². The van der Waals surface area contributed by atoms with Crippen LogP contribution in [0.4, 0.5) is 9.59 Å². The molecule has 35 heavy (non-hydrogen) atoms. The van der Waals surface area contributed by atoms with Gasteiger partial charge in [-0.15, -0.1) is 0 Å². The van der Waals surface area contributed by atoms with E-state index in [0.717, 1.165) is 50.2 Å². The quantitative estimate of drug-likeness (QED) is 0.328. The molecule has 4 rings (SSSR count). The maximum Gasteiger partial charge on any atom is 0.511 e. The second kappa shape index (κ2) is 9.30. The monoisotopic (exact) mass is 497 g/mol. The fraction of sp³-hybridized carbons (Fsp3) is 0.346. The van der Waals surface area contributed by atoms with E-state index >= 15 is 0 Å². The van der Waals surface area contributed by atoms with Crippen molar-refractivity contribution in [3.05, 3.63) is 57.0 Å². The molecule has 0 bridgehead atoms. The molecule has 2 aliphatic rings. The van der Waals surface area contributed by atoms with Crippen LogP contribution in [0.2, 0.25) is 0 Å². The van der Waals surface area contributed by atoms with E-state index in [4.69, 9.17) is 19.3 Å². The first-order valence-electron chi connectivity index (χ1n) is 11.2. The SMILES string of the molecule is Cc1c(C)c2c(c(C)c1OC(=O)O)CCC(C)(COc1ccc(C=C3SC(=O)N(C)C3=O)cc1)O2. The van der Waals surface area contributed by atoms with Gasteiger partial charge in [-0.3, -0.25) is 14.5 Å². The number of rotatable bonds is 5. The molecule has 184 valence electrons. The average molecular weight is 498 g/mol. The average Bonchev–Trinajstić information content (AvgIpc) is 3.06. The minimum absolute atomic E-state index is 0.283. The van der Waals surface area contributed by atoms with Gasteiger partial charge in [0, 0.05) is 12.6 Å². The maximum atomic E-state index is 12.1. The van der Waals surface area contributed by atoms with E-state index in [0.29, 0.717) is 35.9 Å². The van der Waals surface area contributed by atoms with Gasteiger partial charge in [-0.25, -0.2) is 4.79 Å². The first-order valence-corrected chi connectivity index (χ1v) is 12.0. The van der Waals surface area contributed by atoms with Gasteiger partial charge in [0.15, 0.2) is 0 Å². The number of hydrogen-bond donors (Lipinski definition) is 1. The van der Waals surface area contributed by atoms with Crippen LogP contribution in [0.1, 0.15) is 41.2 Å². The molecule has 2 aromatic carbocycles. The van der Waals surface area contributed by atoms with Crippen molar-refractivity contribution in [3.63, 3.8) is 0 Å². The van der Waals surface area contributed by atoms with Crippen molar-refractivity contribution in [1.29, 1.82) is 0 Å². The van der Waals surface area contributed by atoms with Crippen LogP contribution in [0.5, 0.6) is 17.2 Å². The van der Waals surface area contributed by atoms with Crippen LogP contribution in [0, 0.1) is 20.8 Å². The highest BCUT2D eigenvalue weighted by atomic mass is 32.2. The Morgan fingerprint density at radius 3 is 2.46 bits per heavy atom. The van der Waals surface area contributed by atoms with E-state index in [9.17, 15) is 14.4 Å². The highest BCUT2D eigenvalue weighted by molar-refractivity contribution is 8.18. The predicted molar refractivity (Wildman–Crippen MR) is 132 cm³/mol. The van der Waals surface area contributed by atoms with E-state index in [1.54, 1.807) is 6.08 Å². The zero-order valence-corrected chi connectivity index (χ0v) is 21.1. The second-order valence-electron chi connectivity index (χ2n) is 9.03. The van der Waals surface area contributed by atoms with Gasteiger partial charge < -0.3 is 19.3 Å². The lowest BCUT2D eigenvalue weighted by Gasteiger charge is -2.37. The van der Waals surface area contributed by atoms with Crippen LogP contribution >= 0.6 is 11.8 Å². The molecular formula is C26H27NO7S. The molecule has 1 saturated heterocycles. The standard InChI is InChI=1S/C26H27NO7S/c1-14-15(2)22-19(16(3)21(14)33-25(30)31)10-11-26(4,34-22)13-32-18-8-6-17(7-9-18)12-20-23(28)27(5)24(29)35-20/h6-9,12H,10-11,13H2,1-5H3,(H,30,31). The van der Waals surface area contributed by atoms with Crippen LogP contribution in [-0.4, -0.2) is 46.6 Å². The van der Waals surface area contributed by atoms with Gasteiger partial charge in [-0.1, -0.05) is 12.1 Å². The summed E-state index contributed by atoms with van der Waals surface area (Å²) < 4.78 is 17.5. The summed E-state index contributed by atoms with van der Waals surface area (Å²) in [5.74, 6) is 1.50. The summed E-state index contributed by atoms with van der Waals surface area (Å²) in [6.45, 7) is 7.91. The summed E-state index contributed by atoms with van der Waals surface area (Å²) in [7, 11) is 1.47. The van der Waals surface area contributed by atoms with Crippen LogP contribution in [-0.2, 0) is 11.2 Å². The largest absolute Gasteiger partial charge is 0.511 e. The van der Waals surface area contributed by atoms with Crippen molar-refractivity contribution >= 4 is 35.1 Å². The zero-order valence-electron chi connectivity index (χ0n) is 20.3. The van der Waals surface area contributed by atoms with Crippen molar-refractivity contribution in [2.45, 2.75) is 46.1 Å². The Morgan fingerprint density at radius 1 is 1.17 bits per heavy atom. The van der Waals surface area contributed by atoms with Crippen molar-refractivity contribution in [2.24, 2.45) is 0 Å². The number of ether oxygens (including phenoxy) is 3. The Balaban J connectivity index is 1.46. The molecule has 2 amide bonds. The summed E-state index contributed by atoms with van der Waals surface area (Å²) >= 11 is 0.924. The van der Waals surface area contributed by atoms with Gasteiger partial charge in [-0.2, -0.15) is 0 Å². The number of carbonyl (C=O) groups is 3. The van der Waals surface area contributed by atoms with E-state index in [1.165, 1.54) is 7.05 Å². The molecule has 0 spiro atoms. The number of fused-ring (bicyclic) bond motifs is 1. The number of carboxylic acid groups (broad SMARTS) is 1. The van der Waals surface area contributed by atoms with Gasteiger partial charge in [0.25, 0.3) is 11.1 Å². The number of nitrogens with zero attached hydrogens (tertiary/aromatic N) is 1. The molecule has 2 aromatic rings. The number of hydrogen-bond acceptors (Lipinski definition) is 7. The first kappa shape index (κ1) is 24.7. The third-order valence-corrected chi connectivity index (χ3v) is 7.42.